The largest absolute Gasteiger partial charge is 0.442 e. The standard InChI is InChI=1S/C26H25F2N7O3/c1-16(36)30-11-20-13-35(26(37)38-20)19-6-7-21(22(28)10-19)18-4-2-17(3-5-18)12-34-15-33-23-24(29-9-8-27)31-14-32-25(23)34/h2-7,10,14-15,20H,8-9,11-13H2,1H3,(H,30,36)(H,29,31,32)/t20-/m0/s1. The summed E-state index contributed by atoms with van der Waals surface area (Å²) in [7, 11) is 0. The van der Waals surface area contributed by atoms with Crippen LogP contribution in [0.25, 0.3) is 22.3 Å². The first-order chi connectivity index (χ1) is 18.4. The molecule has 0 bridgehead atoms. The first kappa shape index (κ1) is 25.1. The molecule has 10 nitrogen and oxygen atoms in total. The van der Waals surface area contributed by atoms with Gasteiger partial charge in [-0.2, -0.15) is 0 Å². The Bertz CT molecular complexity index is 1480. The molecule has 38 heavy (non-hydrogen) atoms. The number of fused-ring (bicyclic) bond motifs is 1. The van der Waals surface area contributed by atoms with Crippen molar-refractivity contribution in [1.82, 2.24) is 24.8 Å². The van der Waals surface area contributed by atoms with Crippen molar-refractivity contribution in [2.75, 3.05) is 36.5 Å². The van der Waals surface area contributed by atoms with Crippen molar-refractivity contribution in [3.05, 3.63) is 66.5 Å². The number of hydrogen-bond acceptors (Lipinski definition) is 7. The third-order valence-corrected chi connectivity index (χ3v) is 6.12. The Labute approximate surface area is 216 Å². The molecule has 1 aliphatic heterocycles. The fraction of sp³-hybridized carbons (Fsp3) is 0.269. The molecule has 0 radical (unpaired) electrons. The Kier molecular flexibility index (Phi) is 7.11. The highest BCUT2D eigenvalue weighted by atomic mass is 19.1. The molecule has 0 saturated carbocycles. The molecule has 2 N–H and O–H groups in total. The normalized spacial score (nSPS) is 15.1. The maximum atomic E-state index is 15.1. The Balaban J connectivity index is 1.28. The van der Waals surface area contributed by atoms with Crippen LogP contribution in [0, 0.1) is 5.82 Å². The first-order valence-corrected chi connectivity index (χ1v) is 12.0. The average Bonchev–Trinajstić information content (AvgIpc) is 3.50. The number of hydrogen-bond donors (Lipinski definition) is 2. The second-order valence-electron chi connectivity index (χ2n) is 8.80. The molecule has 1 saturated heterocycles. The number of amides is 2. The summed E-state index contributed by atoms with van der Waals surface area (Å²) < 4.78 is 34.7. The predicted molar refractivity (Wildman–Crippen MR) is 137 cm³/mol. The van der Waals surface area contributed by atoms with Gasteiger partial charge in [0.2, 0.25) is 5.91 Å². The molecule has 196 valence electrons. The lowest BCUT2D eigenvalue weighted by molar-refractivity contribution is -0.119. The number of carbonyl (C=O) groups is 2. The molecule has 0 aliphatic carbocycles. The molecule has 2 amide bonds. The van der Waals surface area contributed by atoms with Crippen LogP contribution in [0.15, 0.2) is 55.1 Å². The van der Waals surface area contributed by atoms with Gasteiger partial charge in [-0.05, 0) is 29.3 Å². The maximum absolute atomic E-state index is 15.1. The van der Waals surface area contributed by atoms with Gasteiger partial charge < -0.3 is 19.9 Å². The number of nitrogens with zero attached hydrogens (tertiary/aromatic N) is 5. The Morgan fingerprint density at radius 1 is 1.16 bits per heavy atom. The zero-order chi connectivity index (χ0) is 26.6. The zero-order valence-electron chi connectivity index (χ0n) is 20.5. The number of aromatic nitrogens is 4. The molecular formula is C26H25F2N7O3. The Hall–Kier alpha value is -4.61. The average molecular weight is 522 g/mol. The molecular weight excluding hydrogens is 496 g/mol. The lowest BCUT2D eigenvalue weighted by atomic mass is 10.0. The van der Waals surface area contributed by atoms with Crippen LogP contribution in [0.4, 0.5) is 25.1 Å². The van der Waals surface area contributed by atoms with E-state index in [2.05, 4.69) is 25.6 Å². The number of rotatable bonds is 9. The fourth-order valence-corrected chi connectivity index (χ4v) is 4.28. The van der Waals surface area contributed by atoms with Gasteiger partial charge in [0.25, 0.3) is 0 Å². The summed E-state index contributed by atoms with van der Waals surface area (Å²) in [5, 5.41) is 5.52. The van der Waals surface area contributed by atoms with E-state index in [1.807, 2.05) is 28.8 Å². The molecule has 4 aromatic rings. The van der Waals surface area contributed by atoms with E-state index in [0.29, 0.717) is 40.3 Å². The van der Waals surface area contributed by atoms with E-state index in [0.717, 1.165) is 5.56 Å². The summed E-state index contributed by atoms with van der Waals surface area (Å²) in [5.74, 6) is -0.213. The molecule has 0 unspecified atom stereocenters. The number of nitrogens with one attached hydrogen (secondary N) is 2. The molecule has 2 aromatic carbocycles. The van der Waals surface area contributed by atoms with Crippen molar-refractivity contribution in [3.63, 3.8) is 0 Å². The van der Waals surface area contributed by atoms with Crippen molar-refractivity contribution in [2.24, 2.45) is 0 Å². The summed E-state index contributed by atoms with van der Waals surface area (Å²) in [5.41, 5.74) is 3.59. The number of carbonyl (C=O) groups excluding carboxylic acids is 2. The van der Waals surface area contributed by atoms with Gasteiger partial charge in [-0.25, -0.2) is 28.5 Å². The molecule has 1 atom stereocenters. The lowest BCUT2D eigenvalue weighted by Gasteiger charge is -2.15. The highest BCUT2D eigenvalue weighted by Gasteiger charge is 2.32. The second-order valence-corrected chi connectivity index (χ2v) is 8.80. The first-order valence-electron chi connectivity index (χ1n) is 12.0. The van der Waals surface area contributed by atoms with Gasteiger partial charge >= 0.3 is 6.09 Å². The lowest BCUT2D eigenvalue weighted by Crippen LogP contribution is -2.33. The summed E-state index contributed by atoms with van der Waals surface area (Å²) in [6.07, 6.45) is 1.97. The SMILES string of the molecule is CC(=O)NC[C@H]1CN(c2ccc(-c3ccc(Cn4cnc5c(NCCF)ncnc54)cc3)c(F)c2)C(=O)O1. The quantitative estimate of drug-likeness (QED) is 0.346. The molecule has 0 spiro atoms. The number of benzene rings is 2. The Morgan fingerprint density at radius 3 is 2.71 bits per heavy atom. The zero-order valence-corrected chi connectivity index (χ0v) is 20.5. The molecule has 5 rings (SSSR count). The molecule has 12 heteroatoms. The topological polar surface area (TPSA) is 114 Å². The van der Waals surface area contributed by atoms with E-state index in [-0.39, 0.29) is 25.5 Å². The minimum Gasteiger partial charge on any atom is -0.442 e. The van der Waals surface area contributed by atoms with E-state index < -0.39 is 24.7 Å². The third-order valence-electron chi connectivity index (χ3n) is 6.12. The number of anilines is 2. The Morgan fingerprint density at radius 2 is 1.97 bits per heavy atom. The summed E-state index contributed by atoms with van der Waals surface area (Å²) in [6, 6.07) is 12.0. The van der Waals surface area contributed by atoms with Gasteiger partial charge in [-0.3, -0.25) is 9.69 Å². The number of halogens is 2. The van der Waals surface area contributed by atoms with E-state index in [9.17, 15) is 14.0 Å². The van der Waals surface area contributed by atoms with E-state index in [1.54, 1.807) is 18.5 Å². The maximum Gasteiger partial charge on any atom is 0.414 e. The monoisotopic (exact) mass is 521 g/mol. The van der Waals surface area contributed by atoms with Gasteiger partial charge in [0.15, 0.2) is 11.5 Å². The van der Waals surface area contributed by atoms with Crippen molar-refractivity contribution in [3.8, 4) is 11.1 Å². The van der Waals surface area contributed by atoms with E-state index in [4.69, 9.17) is 4.74 Å². The van der Waals surface area contributed by atoms with Crippen LogP contribution in [0.3, 0.4) is 0 Å². The van der Waals surface area contributed by atoms with Gasteiger partial charge in [-0.15, -0.1) is 0 Å². The summed E-state index contributed by atoms with van der Waals surface area (Å²) in [6.45, 7) is 1.90. The van der Waals surface area contributed by atoms with Crippen LogP contribution >= 0.6 is 0 Å². The van der Waals surface area contributed by atoms with Crippen LogP contribution in [0.5, 0.6) is 0 Å². The van der Waals surface area contributed by atoms with Crippen molar-refractivity contribution < 1.29 is 23.1 Å². The van der Waals surface area contributed by atoms with Crippen LogP contribution in [0.2, 0.25) is 0 Å². The van der Waals surface area contributed by atoms with E-state index in [1.165, 1.54) is 24.2 Å². The van der Waals surface area contributed by atoms with Crippen LogP contribution in [-0.2, 0) is 16.1 Å². The van der Waals surface area contributed by atoms with Gasteiger partial charge in [0.1, 0.15) is 30.4 Å². The van der Waals surface area contributed by atoms with Crippen molar-refractivity contribution in [1.29, 1.82) is 0 Å². The third kappa shape index (κ3) is 5.24. The predicted octanol–water partition coefficient (Wildman–Crippen LogP) is 3.52. The minimum absolute atomic E-state index is 0.138. The van der Waals surface area contributed by atoms with Crippen LogP contribution < -0.4 is 15.5 Å². The smallest absolute Gasteiger partial charge is 0.414 e. The van der Waals surface area contributed by atoms with Crippen molar-refractivity contribution in [2.45, 2.75) is 19.6 Å². The number of alkyl halides is 1. The number of cyclic esters (lactones) is 1. The minimum atomic E-state index is -0.584. The van der Waals surface area contributed by atoms with E-state index >= 15 is 4.39 Å². The summed E-state index contributed by atoms with van der Waals surface area (Å²) >= 11 is 0. The fourth-order valence-electron chi connectivity index (χ4n) is 4.28. The van der Waals surface area contributed by atoms with Crippen molar-refractivity contribution >= 4 is 34.7 Å². The number of ether oxygens (including phenoxy) is 1. The molecule has 1 aliphatic rings. The second kappa shape index (κ2) is 10.8. The van der Waals surface area contributed by atoms with Crippen LogP contribution in [-0.4, -0.2) is 63.9 Å². The highest BCUT2D eigenvalue weighted by Crippen LogP contribution is 2.29. The summed E-state index contributed by atoms with van der Waals surface area (Å²) in [4.78, 5) is 37.5. The molecule has 3 heterocycles. The number of imidazole rings is 1. The van der Waals surface area contributed by atoms with Gasteiger partial charge in [0, 0.05) is 19.0 Å². The van der Waals surface area contributed by atoms with Crippen LogP contribution in [0.1, 0.15) is 12.5 Å². The molecule has 1 fully saturated rings. The van der Waals surface area contributed by atoms with Gasteiger partial charge in [0.05, 0.1) is 31.6 Å². The molecule has 2 aromatic heterocycles. The van der Waals surface area contributed by atoms with Gasteiger partial charge in [-0.1, -0.05) is 24.3 Å². The highest BCUT2D eigenvalue weighted by molar-refractivity contribution is 5.90.